The molecule has 2 rings (SSSR count). The van der Waals surface area contributed by atoms with Gasteiger partial charge in [0, 0.05) is 13.1 Å². The minimum absolute atomic E-state index is 0. The Kier molecular flexibility index (Phi) is 6.75. The molecule has 0 saturated carbocycles. The van der Waals surface area contributed by atoms with Crippen LogP contribution in [0.25, 0.3) is 0 Å². The molecule has 1 saturated heterocycles. The van der Waals surface area contributed by atoms with Gasteiger partial charge in [0.1, 0.15) is 5.82 Å². The quantitative estimate of drug-likeness (QED) is 0.873. The van der Waals surface area contributed by atoms with Crippen LogP contribution in [0.2, 0.25) is 0 Å². The van der Waals surface area contributed by atoms with Gasteiger partial charge in [0.15, 0.2) is 0 Å². The first-order valence-corrected chi connectivity index (χ1v) is 6.99. The predicted octanol–water partition coefficient (Wildman–Crippen LogP) is 2.04. The van der Waals surface area contributed by atoms with Gasteiger partial charge < -0.3 is 15.5 Å². The summed E-state index contributed by atoms with van der Waals surface area (Å²) in [7, 11) is 0. The number of halogens is 1. The van der Waals surface area contributed by atoms with Crippen molar-refractivity contribution in [1.82, 2.24) is 10.3 Å². The highest BCUT2D eigenvalue weighted by molar-refractivity contribution is 5.94. The molecule has 0 aromatic carbocycles. The van der Waals surface area contributed by atoms with E-state index in [1.807, 2.05) is 12.1 Å². The molecule has 1 fully saturated rings. The van der Waals surface area contributed by atoms with Crippen LogP contribution < -0.4 is 15.5 Å². The van der Waals surface area contributed by atoms with Crippen LogP contribution in [0.4, 0.5) is 11.5 Å². The molecule has 1 unspecified atom stereocenters. The maximum Gasteiger partial charge on any atom is 0.241 e. The summed E-state index contributed by atoms with van der Waals surface area (Å²) < 4.78 is 0. The lowest BCUT2D eigenvalue weighted by Crippen LogP contribution is -2.35. The van der Waals surface area contributed by atoms with Gasteiger partial charge in [0.25, 0.3) is 0 Å². The lowest BCUT2D eigenvalue weighted by molar-refractivity contribution is -0.117. The maximum atomic E-state index is 11.9. The molecule has 0 spiro atoms. The molecule has 20 heavy (non-hydrogen) atoms. The summed E-state index contributed by atoms with van der Waals surface area (Å²) in [4.78, 5) is 18.5. The smallest absolute Gasteiger partial charge is 0.241 e. The standard InChI is InChI=1S/C14H22N4O.ClH/c1-3-18(4-2)13-8-7-11(10-16-13)17-14(19)12-6-5-9-15-12;/h7-8,10,12,15H,3-6,9H2,1-2H3,(H,17,19);1H. The highest BCUT2D eigenvalue weighted by Gasteiger charge is 2.21. The van der Waals surface area contributed by atoms with E-state index in [1.54, 1.807) is 6.20 Å². The molecule has 1 aromatic heterocycles. The first-order chi connectivity index (χ1) is 9.24. The Morgan fingerprint density at radius 2 is 2.20 bits per heavy atom. The zero-order valence-corrected chi connectivity index (χ0v) is 12.9. The number of carbonyl (C=O) groups excluding carboxylic acids is 1. The van der Waals surface area contributed by atoms with Crippen LogP contribution in [-0.4, -0.2) is 36.6 Å². The van der Waals surface area contributed by atoms with Gasteiger partial charge in [0.2, 0.25) is 5.91 Å². The second-order valence-electron chi connectivity index (χ2n) is 4.72. The third kappa shape index (κ3) is 4.08. The van der Waals surface area contributed by atoms with E-state index in [0.29, 0.717) is 0 Å². The van der Waals surface area contributed by atoms with Crippen molar-refractivity contribution in [1.29, 1.82) is 0 Å². The lowest BCUT2D eigenvalue weighted by atomic mass is 10.2. The SMILES string of the molecule is CCN(CC)c1ccc(NC(=O)C2CCCN2)cn1.Cl. The van der Waals surface area contributed by atoms with Crippen LogP contribution in [0.1, 0.15) is 26.7 Å². The summed E-state index contributed by atoms with van der Waals surface area (Å²) in [6.45, 7) is 7.00. The van der Waals surface area contributed by atoms with Crippen molar-refractivity contribution in [3.8, 4) is 0 Å². The average molecular weight is 299 g/mol. The summed E-state index contributed by atoms with van der Waals surface area (Å²) >= 11 is 0. The topological polar surface area (TPSA) is 57.3 Å². The van der Waals surface area contributed by atoms with Crippen LogP contribution in [0.15, 0.2) is 18.3 Å². The van der Waals surface area contributed by atoms with Gasteiger partial charge in [-0.25, -0.2) is 4.98 Å². The van der Waals surface area contributed by atoms with E-state index in [4.69, 9.17) is 0 Å². The fourth-order valence-electron chi connectivity index (χ4n) is 2.33. The van der Waals surface area contributed by atoms with E-state index >= 15 is 0 Å². The van der Waals surface area contributed by atoms with Crippen molar-refractivity contribution >= 4 is 29.8 Å². The molecule has 1 aliphatic rings. The third-order valence-corrected chi connectivity index (χ3v) is 3.48. The van der Waals surface area contributed by atoms with Crippen LogP contribution >= 0.6 is 12.4 Å². The molecule has 5 nitrogen and oxygen atoms in total. The number of rotatable bonds is 5. The number of pyridine rings is 1. The van der Waals surface area contributed by atoms with Gasteiger partial charge >= 0.3 is 0 Å². The Morgan fingerprint density at radius 1 is 1.45 bits per heavy atom. The monoisotopic (exact) mass is 298 g/mol. The summed E-state index contributed by atoms with van der Waals surface area (Å²) in [6, 6.07) is 3.81. The molecule has 1 aromatic rings. The molecular formula is C14H23ClN4O. The Hall–Kier alpha value is -1.33. The molecule has 1 atom stereocenters. The van der Waals surface area contributed by atoms with Crippen LogP contribution in [-0.2, 0) is 4.79 Å². The number of nitrogens with zero attached hydrogens (tertiary/aromatic N) is 2. The average Bonchev–Trinajstić information content (AvgIpc) is 2.96. The van der Waals surface area contributed by atoms with Gasteiger partial charge in [-0.3, -0.25) is 4.79 Å². The lowest BCUT2D eigenvalue weighted by Gasteiger charge is -2.19. The van der Waals surface area contributed by atoms with E-state index in [1.165, 1.54) is 0 Å². The fourth-order valence-corrected chi connectivity index (χ4v) is 2.33. The highest BCUT2D eigenvalue weighted by atomic mass is 35.5. The number of aromatic nitrogens is 1. The van der Waals surface area contributed by atoms with Crippen LogP contribution in [0.3, 0.4) is 0 Å². The Labute approximate surface area is 126 Å². The summed E-state index contributed by atoms with van der Waals surface area (Å²) in [5, 5.41) is 6.09. The third-order valence-electron chi connectivity index (χ3n) is 3.48. The molecule has 1 aliphatic heterocycles. The van der Waals surface area contributed by atoms with Crippen molar-refractivity contribution in [2.24, 2.45) is 0 Å². The van der Waals surface area contributed by atoms with E-state index in [0.717, 1.165) is 44.0 Å². The molecule has 0 bridgehead atoms. The molecule has 0 radical (unpaired) electrons. The second kappa shape index (κ2) is 8.07. The minimum Gasteiger partial charge on any atom is -0.357 e. The van der Waals surface area contributed by atoms with Crippen molar-refractivity contribution < 1.29 is 4.79 Å². The number of hydrogen-bond donors (Lipinski definition) is 2. The number of carbonyl (C=O) groups is 1. The molecule has 1 amide bonds. The summed E-state index contributed by atoms with van der Waals surface area (Å²) in [6.07, 6.45) is 3.70. The molecule has 112 valence electrons. The maximum absolute atomic E-state index is 11.9. The Morgan fingerprint density at radius 3 is 2.70 bits per heavy atom. The summed E-state index contributed by atoms with van der Waals surface area (Å²) in [5.41, 5.74) is 0.759. The van der Waals surface area contributed by atoms with Crippen molar-refractivity contribution in [2.75, 3.05) is 29.9 Å². The first kappa shape index (κ1) is 16.7. The van der Waals surface area contributed by atoms with Gasteiger partial charge in [0.05, 0.1) is 17.9 Å². The number of anilines is 2. The second-order valence-corrected chi connectivity index (χ2v) is 4.72. The van der Waals surface area contributed by atoms with E-state index in [9.17, 15) is 4.79 Å². The molecule has 0 aliphatic carbocycles. The first-order valence-electron chi connectivity index (χ1n) is 6.99. The van der Waals surface area contributed by atoms with Gasteiger partial charge in [-0.15, -0.1) is 12.4 Å². The number of nitrogens with one attached hydrogen (secondary N) is 2. The van der Waals surface area contributed by atoms with Gasteiger partial charge in [-0.2, -0.15) is 0 Å². The van der Waals surface area contributed by atoms with E-state index in [-0.39, 0.29) is 24.4 Å². The van der Waals surface area contributed by atoms with Gasteiger partial charge in [-0.05, 0) is 45.4 Å². The largest absolute Gasteiger partial charge is 0.357 e. The van der Waals surface area contributed by atoms with E-state index < -0.39 is 0 Å². The number of amides is 1. The minimum atomic E-state index is -0.0533. The van der Waals surface area contributed by atoms with Crippen molar-refractivity contribution in [3.63, 3.8) is 0 Å². The van der Waals surface area contributed by atoms with Crippen molar-refractivity contribution in [2.45, 2.75) is 32.7 Å². The zero-order valence-electron chi connectivity index (χ0n) is 12.1. The van der Waals surface area contributed by atoms with Crippen molar-refractivity contribution in [3.05, 3.63) is 18.3 Å². The molecule has 2 heterocycles. The van der Waals surface area contributed by atoms with Crippen LogP contribution in [0, 0.1) is 0 Å². The van der Waals surface area contributed by atoms with E-state index in [2.05, 4.69) is 34.4 Å². The fraction of sp³-hybridized carbons (Fsp3) is 0.571. The Balaban J connectivity index is 0.00000200. The molecular weight excluding hydrogens is 276 g/mol. The van der Waals surface area contributed by atoms with Gasteiger partial charge in [-0.1, -0.05) is 0 Å². The van der Waals surface area contributed by atoms with Crippen LogP contribution in [0.5, 0.6) is 0 Å². The number of hydrogen-bond acceptors (Lipinski definition) is 4. The Bertz CT molecular complexity index is 414. The molecule has 2 N–H and O–H groups in total. The zero-order chi connectivity index (χ0) is 13.7. The molecule has 6 heteroatoms. The normalized spacial score (nSPS) is 17.4. The predicted molar refractivity (Wildman–Crippen MR) is 84.7 cm³/mol. The summed E-state index contributed by atoms with van der Waals surface area (Å²) in [5.74, 6) is 0.983. The highest BCUT2D eigenvalue weighted by Crippen LogP contribution is 2.15.